The number of carbonyl (C=O) groups is 1. The van der Waals surface area contributed by atoms with Crippen LogP contribution in [0.3, 0.4) is 0 Å². The average Bonchev–Trinajstić information content (AvgIpc) is 2.97. The Hall–Kier alpha value is -1.24. The number of halogens is 1. The molecule has 0 aliphatic carbocycles. The second-order valence-corrected chi connectivity index (χ2v) is 6.49. The van der Waals surface area contributed by atoms with E-state index in [0.29, 0.717) is 11.6 Å². The van der Waals surface area contributed by atoms with Crippen LogP contribution in [0.15, 0.2) is 12.1 Å². The molecule has 0 saturated heterocycles. The second-order valence-electron chi connectivity index (χ2n) is 5.42. The standard InChI is InChI=1S/C15H16INO3/c1-7(2)11-5-8-4-10-9(6-12(8)20-11)13(16)14(17-10)15(18)19-3/h4,6-7,11,17H,5H2,1-3H3/t11-/m0/s1. The molecule has 5 heteroatoms. The van der Waals surface area contributed by atoms with E-state index in [1.54, 1.807) is 0 Å². The predicted molar refractivity (Wildman–Crippen MR) is 85.3 cm³/mol. The first-order chi connectivity index (χ1) is 9.51. The second kappa shape index (κ2) is 4.95. The fourth-order valence-electron chi connectivity index (χ4n) is 2.54. The average molecular weight is 385 g/mol. The summed E-state index contributed by atoms with van der Waals surface area (Å²) in [5, 5.41) is 1.01. The van der Waals surface area contributed by atoms with Crippen LogP contribution in [0.4, 0.5) is 0 Å². The highest BCUT2D eigenvalue weighted by atomic mass is 127. The van der Waals surface area contributed by atoms with Crippen LogP contribution in [-0.2, 0) is 11.2 Å². The molecule has 4 nitrogen and oxygen atoms in total. The Morgan fingerprint density at radius 3 is 2.90 bits per heavy atom. The van der Waals surface area contributed by atoms with Crippen molar-refractivity contribution in [2.24, 2.45) is 5.92 Å². The van der Waals surface area contributed by atoms with Gasteiger partial charge in [-0.05, 0) is 46.2 Å². The van der Waals surface area contributed by atoms with E-state index in [2.05, 4.69) is 47.5 Å². The van der Waals surface area contributed by atoms with Crippen molar-refractivity contribution in [2.75, 3.05) is 7.11 Å². The molecular formula is C15H16INO3. The molecule has 0 amide bonds. The number of hydrogen-bond acceptors (Lipinski definition) is 3. The van der Waals surface area contributed by atoms with E-state index in [4.69, 9.17) is 9.47 Å². The van der Waals surface area contributed by atoms with Gasteiger partial charge in [0, 0.05) is 17.3 Å². The quantitative estimate of drug-likeness (QED) is 0.636. The number of nitrogens with one attached hydrogen (secondary N) is 1. The highest BCUT2D eigenvalue weighted by Gasteiger charge is 2.27. The van der Waals surface area contributed by atoms with E-state index in [9.17, 15) is 4.79 Å². The Kier molecular flexibility index (Phi) is 3.40. The fraction of sp³-hybridized carbons (Fsp3) is 0.400. The molecule has 1 aliphatic heterocycles. The highest BCUT2D eigenvalue weighted by molar-refractivity contribution is 14.1. The smallest absolute Gasteiger partial charge is 0.355 e. The lowest BCUT2D eigenvalue weighted by Crippen LogP contribution is -2.19. The molecule has 3 rings (SSSR count). The zero-order chi connectivity index (χ0) is 14.4. The Morgan fingerprint density at radius 2 is 2.25 bits per heavy atom. The van der Waals surface area contributed by atoms with Crippen LogP contribution in [0, 0.1) is 9.49 Å². The first-order valence-electron chi connectivity index (χ1n) is 6.60. The van der Waals surface area contributed by atoms with Crippen LogP contribution in [0.2, 0.25) is 0 Å². The summed E-state index contributed by atoms with van der Waals surface area (Å²) in [6, 6.07) is 4.11. The molecule has 1 aromatic carbocycles. The van der Waals surface area contributed by atoms with Gasteiger partial charge < -0.3 is 14.5 Å². The van der Waals surface area contributed by atoms with Gasteiger partial charge in [0.15, 0.2) is 0 Å². The van der Waals surface area contributed by atoms with Crippen molar-refractivity contribution in [3.8, 4) is 5.75 Å². The van der Waals surface area contributed by atoms with E-state index in [1.165, 1.54) is 12.7 Å². The van der Waals surface area contributed by atoms with Crippen LogP contribution < -0.4 is 4.74 Å². The van der Waals surface area contributed by atoms with Crippen molar-refractivity contribution in [1.29, 1.82) is 0 Å². The minimum absolute atomic E-state index is 0.245. The highest BCUT2D eigenvalue weighted by Crippen LogP contribution is 2.37. The van der Waals surface area contributed by atoms with Crippen molar-refractivity contribution >= 4 is 39.5 Å². The van der Waals surface area contributed by atoms with Gasteiger partial charge in [0.1, 0.15) is 17.5 Å². The lowest BCUT2D eigenvalue weighted by molar-refractivity contribution is 0.0594. The minimum Gasteiger partial charge on any atom is -0.490 e. The number of fused-ring (bicyclic) bond motifs is 2. The Bertz CT molecular complexity index is 690. The number of ether oxygens (including phenoxy) is 2. The van der Waals surface area contributed by atoms with Gasteiger partial charge in [-0.1, -0.05) is 13.8 Å². The summed E-state index contributed by atoms with van der Waals surface area (Å²) in [5.41, 5.74) is 2.67. The molecule has 20 heavy (non-hydrogen) atoms. The third kappa shape index (κ3) is 2.08. The summed E-state index contributed by atoms with van der Waals surface area (Å²) in [4.78, 5) is 14.9. The normalized spacial score (nSPS) is 17.4. The monoisotopic (exact) mass is 385 g/mol. The summed E-state index contributed by atoms with van der Waals surface area (Å²) in [6.45, 7) is 4.34. The molecule has 1 N–H and O–H groups in total. The molecule has 2 heterocycles. The van der Waals surface area contributed by atoms with Crippen LogP contribution in [0.5, 0.6) is 5.75 Å². The van der Waals surface area contributed by atoms with Crippen molar-refractivity contribution in [2.45, 2.75) is 26.4 Å². The molecule has 0 radical (unpaired) electrons. The zero-order valence-electron chi connectivity index (χ0n) is 11.6. The van der Waals surface area contributed by atoms with E-state index < -0.39 is 0 Å². The van der Waals surface area contributed by atoms with E-state index >= 15 is 0 Å². The third-order valence-electron chi connectivity index (χ3n) is 3.75. The van der Waals surface area contributed by atoms with Crippen LogP contribution in [0.25, 0.3) is 10.9 Å². The predicted octanol–water partition coefficient (Wildman–Crippen LogP) is 3.52. The van der Waals surface area contributed by atoms with Gasteiger partial charge in [-0.2, -0.15) is 0 Å². The van der Waals surface area contributed by atoms with Gasteiger partial charge in [-0.3, -0.25) is 0 Å². The van der Waals surface area contributed by atoms with Gasteiger partial charge in [-0.25, -0.2) is 4.79 Å². The third-order valence-corrected chi connectivity index (χ3v) is 4.87. The maximum Gasteiger partial charge on any atom is 0.355 e. The van der Waals surface area contributed by atoms with Crippen LogP contribution in [0.1, 0.15) is 29.9 Å². The first-order valence-corrected chi connectivity index (χ1v) is 7.68. The van der Waals surface area contributed by atoms with Crippen LogP contribution in [-0.4, -0.2) is 24.2 Å². The molecule has 0 spiro atoms. The summed E-state index contributed by atoms with van der Waals surface area (Å²) in [5.74, 6) is 1.08. The maximum atomic E-state index is 11.7. The molecule has 1 atom stereocenters. The zero-order valence-corrected chi connectivity index (χ0v) is 13.8. The molecule has 0 unspecified atom stereocenters. The first kappa shape index (κ1) is 13.7. The molecule has 0 bridgehead atoms. The Morgan fingerprint density at radius 1 is 1.50 bits per heavy atom. The molecule has 1 aliphatic rings. The number of carbonyl (C=O) groups excluding carboxylic acids is 1. The molecular weight excluding hydrogens is 369 g/mol. The maximum absolute atomic E-state index is 11.7. The van der Waals surface area contributed by atoms with Crippen molar-refractivity contribution < 1.29 is 14.3 Å². The van der Waals surface area contributed by atoms with Gasteiger partial charge in [0.25, 0.3) is 0 Å². The van der Waals surface area contributed by atoms with Crippen LogP contribution >= 0.6 is 22.6 Å². The summed E-state index contributed by atoms with van der Waals surface area (Å²) in [7, 11) is 1.39. The number of aromatic nitrogens is 1. The van der Waals surface area contributed by atoms with E-state index in [-0.39, 0.29) is 12.1 Å². The lowest BCUT2D eigenvalue weighted by atomic mass is 10.0. The van der Waals surface area contributed by atoms with Gasteiger partial charge in [0.05, 0.1) is 10.7 Å². The number of methoxy groups -OCH3 is 1. The fourth-order valence-corrected chi connectivity index (χ4v) is 3.34. The molecule has 106 valence electrons. The number of esters is 1. The number of benzene rings is 1. The summed E-state index contributed by atoms with van der Waals surface area (Å²) >= 11 is 2.17. The summed E-state index contributed by atoms with van der Waals surface area (Å²) in [6.07, 6.45) is 1.17. The Labute approximate surface area is 131 Å². The Balaban J connectivity index is 2.08. The van der Waals surface area contributed by atoms with Gasteiger partial charge >= 0.3 is 5.97 Å². The number of hydrogen-bond donors (Lipinski definition) is 1. The molecule has 1 aromatic heterocycles. The molecule has 2 aromatic rings. The van der Waals surface area contributed by atoms with Crippen molar-refractivity contribution in [3.63, 3.8) is 0 Å². The molecule has 0 fully saturated rings. The van der Waals surface area contributed by atoms with E-state index in [0.717, 1.165) is 26.6 Å². The lowest BCUT2D eigenvalue weighted by Gasteiger charge is -2.13. The van der Waals surface area contributed by atoms with E-state index in [1.807, 2.05) is 6.07 Å². The van der Waals surface area contributed by atoms with Gasteiger partial charge in [-0.15, -0.1) is 0 Å². The minimum atomic E-state index is -0.341. The van der Waals surface area contributed by atoms with Crippen molar-refractivity contribution in [1.82, 2.24) is 4.98 Å². The summed E-state index contributed by atoms with van der Waals surface area (Å²) < 4.78 is 11.7. The van der Waals surface area contributed by atoms with Crippen molar-refractivity contribution in [3.05, 3.63) is 27.0 Å². The molecule has 0 saturated carbocycles. The number of aromatic amines is 1. The number of rotatable bonds is 2. The number of H-pyrrole nitrogens is 1. The topological polar surface area (TPSA) is 51.3 Å². The largest absolute Gasteiger partial charge is 0.490 e. The van der Waals surface area contributed by atoms with Gasteiger partial charge in [0.2, 0.25) is 0 Å². The SMILES string of the molecule is COC(=O)c1[nH]c2cc3c(cc2c1I)O[C@H](C(C)C)C3.